The van der Waals surface area contributed by atoms with Crippen LogP contribution in [0.15, 0.2) is 23.8 Å². The summed E-state index contributed by atoms with van der Waals surface area (Å²) >= 11 is 12.0. The largest absolute Gasteiger partial charge is 0.382 e. The first-order valence-corrected chi connectivity index (χ1v) is 7.27. The highest BCUT2D eigenvalue weighted by Gasteiger charge is 2.18. The lowest BCUT2D eigenvalue weighted by atomic mass is 9.84. The highest BCUT2D eigenvalue weighted by Crippen LogP contribution is 2.33. The molecule has 1 aliphatic rings. The van der Waals surface area contributed by atoms with E-state index >= 15 is 0 Å². The maximum Gasteiger partial charge on any atom is 0.126 e. The molecule has 0 bridgehead atoms. The number of halogens is 3. The van der Waals surface area contributed by atoms with Crippen molar-refractivity contribution in [1.82, 2.24) is 0 Å². The van der Waals surface area contributed by atoms with Crippen molar-refractivity contribution in [2.24, 2.45) is 11.8 Å². The topological polar surface area (TPSA) is 12.0 Å². The normalized spacial score (nSPS) is 23.1. The Bertz CT molecular complexity index is 476. The summed E-state index contributed by atoms with van der Waals surface area (Å²) in [7, 11) is 0. The van der Waals surface area contributed by atoms with E-state index in [4.69, 9.17) is 23.2 Å². The molecule has 0 radical (unpaired) electrons. The molecule has 2 unspecified atom stereocenters. The van der Waals surface area contributed by atoms with E-state index < -0.39 is 5.82 Å². The van der Waals surface area contributed by atoms with Gasteiger partial charge in [0.15, 0.2) is 0 Å². The molecule has 0 aromatic heterocycles. The second-order valence-electron chi connectivity index (χ2n) is 5.42. The minimum absolute atomic E-state index is 0.334. The standard InChI is InChI=1S/C15H18Cl2FN/c1-9-3-10(2)5-11(4-9)8-19-15-13(16)6-12(18)7-14(15)17/h3,6-7,9,11,19H,4-5,8H2,1-2H3. The first kappa shape index (κ1) is 14.7. The summed E-state index contributed by atoms with van der Waals surface area (Å²) in [6.45, 7) is 5.20. The van der Waals surface area contributed by atoms with E-state index in [2.05, 4.69) is 25.2 Å². The fourth-order valence-electron chi connectivity index (χ4n) is 2.80. The van der Waals surface area contributed by atoms with Crippen LogP contribution < -0.4 is 5.32 Å². The summed E-state index contributed by atoms with van der Waals surface area (Å²) in [6.07, 6.45) is 4.57. The molecule has 0 saturated heterocycles. The van der Waals surface area contributed by atoms with E-state index in [1.165, 1.54) is 17.7 Å². The lowest BCUT2D eigenvalue weighted by Crippen LogP contribution is -2.20. The van der Waals surface area contributed by atoms with E-state index in [0.29, 0.717) is 27.6 Å². The minimum Gasteiger partial charge on any atom is -0.382 e. The zero-order chi connectivity index (χ0) is 14.0. The zero-order valence-electron chi connectivity index (χ0n) is 11.1. The molecule has 0 aliphatic heterocycles. The molecule has 0 saturated carbocycles. The third-order valence-corrected chi connectivity index (χ3v) is 4.06. The minimum atomic E-state index is -0.411. The molecule has 2 rings (SSSR count). The van der Waals surface area contributed by atoms with E-state index in [1.54, 1.807) is 0 Å². The van der Waals surface area contributed by atoms with Crippen LogP contribution in [-0.4, -0.2) is 6.54 Å². The first-order chi connectivity index (χ1) is 8.95. The number of nitrogens with one attached hydrogen (secondary N) is 1. The molecule has 1 aromatic rings. The molecule has 0 fully saturated rings. The Morgan fingerprint density at radius 2 is 1.95 bits per heavy atom. The summed E-state index contributed by atoms with van der Waals surface area (Å²) in [4.78, 5) is 0. The van der Waals surface area contributed by atoms with Gasteiger partial charge in [0.05, 0.1) is 15.7 Å². The quantitative estimate of drug-likeness (QED) is 0.723. The van der Waals surface area contributed by atoms with Crippen molar-refractivity contribution in [3.63, 3.8) is 0 Å². The summed E-state index contributed by atoms with van der Waals surface area (Å²) in [5.74, 6) is 0.766. The van der Waals surface area contributed by atoms with Gasteiger partial charge in [-0.1, -0.05) is 41.8 Å². The highest BCUT2D eigenvalue weighted by atomic mass is 35.5. The van der Waals surface area contributed by atoms with Crippen LogP contribution in [0.4, 0.5) is 10.1 Å². The van der Waals surface area contributed by atoms with Gasteiger partial charge in [-0.05, 0) is 43.7 Å². The molecule has 1 aromatic carbocycles. The predicted octanol–water partition coefficient (Wildman–Crippen LogP) is 5.54. The van der Waals surface area contributed by atoms with Crippen LogP contribution in [0.3, 0.4) is 0 Å². The summed E-state index contributed by atoms with van der Waals surface area (Å²) < 4.78 is 13.1. The third-order valence-electron chi connectivity index (χ3n) is 3.46. The van der Waals surface area contributed by atoms with Gasteiger partial charge in [-0.3, -0.25) is 0 Å². The second kappa shape index (κ2) is 6.15. The molecule has 19 heavy (non-hydrogen) atoms. The number of rotatable bonds is 3. The van der Waals surface area contributed by atoms with Crippen molar-refractivity contribution in [2.75, 3.05) is 11.9 Å². The fraction of sp³-hybridized carbons (Fsp3) is 0.467. The van der Waals surface area contributed by atoms with Gasteiger partial charge in [0.2, 0.25) is 0 Å². The maximum atomic E-state index is 13.1. The van der Waals surface area contributed by atoms with Crippen molar-refractivity contribution >= 4 is 28.9 Å². The van der Waals surface area contributed by atoms with E-state index in [0.717, 1.165) is 19.4 Å². The lowest BCUT2D eigenvalue weighted by Gasteiger charge is -2.26. The van der Waals surface area contributed by atoms with Crippen molar-refractivity contribution in [3.05, 3.63) is 39.6 Å². The van der Waals surface area contributed by atoms with Crippen molar-refractivity contribution in [3.8, 4) is 0 Å². The monoisotopic (exact) mass is 301 g/mol. The summed E-state index contributed by atoms with van der Waals surface area (Å²) in [5, 5.41) is 3.93. The highest BCUT2D eigenvalue weighted by molar-refractivity contribution is 6.39. The van der Waals surface area contributed by atoms with Crippen molar-refractivity contribution in [2.45, 2.75) is 26.7 Å². The SMILES string of the molecule is CC1=CC(C)CC(CNc2c(Cl)cc(F)cc2Cl)C1. The molecule has 2 atom stereocenters. The molecule has 0 heterocycles. The van der Waals surface area contributed by atoms with Gasteiger partial charge in [0.25, 0.3) is 0 Å². The fourth-order valence-corrected chi connectivity index (χ4v) is 3.39. The number of hydrogen-bond acceptors (Lipinski definition) is 1. The molecular weight excluding hydrogens is 284 g/mol. The summed E-state index contributed by atoms with van der Waals surface area (Å²) in [5.41, 5.74) is 2.06. The average molecular weight is 302 g/mol. The Kier molecular flexibility index (Phi) is 4.75. The third kappa shape index (κ3) is 3.87. The molecule has 1 nitrogen and oxygen atoms in total. The number of hydrogen-bond donors (Lipinski definition) is 1. The maximum absolute atomic E-state index is 13.1. The molecule has 104 valence electrons. The van der Waals surface area contributed by atoms with Gasteiger partial charge in [-0.2, -0.15) is 0 Å². The van der Waals surface area contributed by atoms with Gasteiger partial charge in [0.1, 0.15) is 5.82 Å². The Hall–Kier alpha value is -0.730. The van der Waals surface area contributed by atoms with Crippen LogP contribution in [0.25, 0.3) is 0 Å². The average Bonchev–Trinajstić information content (AvgIpc) is 2.25. The van der Waals surface area contributed by atoms with Gasteiger partial charge >= 0.3 is 0 Å². The van der Waals surface area contributed by atoms with Crippen LogP contribution in [0.2, 0.25) is 10.0 Å². The van der Waals surface area contributed by atoms with Crippen molar-refractivity contribution in [1.29, 1.82) is 0 Å². The Morgan fingerprint density at radius 1 is 1.32 bits per heavy atom. The van der Waals surface area contributed by atoms with Gasteiger partial charge in [0, 0.05) is 6.54 Å². The molecular formula is C15H18Cl2FN. The first-order valence-electron chi connectivity index (χ1n) is 6.51. The Labute approximate surface area is 123 Å². The summed E-state index contributed by atoms with van der Waals surface area (Å²) in [6, 6.07) is 2.56. The van der Waals surface area contributed by atoms with Crippen LogP contribution in [0.5, 0.6) is 0 Å². The Morgan fingerprint density at radius 3 is 2.53 bits per heavy atom. The number of anilines is 1. The van der Waals surface area contributed by atoms with Crippen LogP contribution in [0.1, 0.15) is 26.7 Å². The molecule has 0 amide bonds. The van der Waals surface area contributed by atoms with E-state index in [1.807, 2.05) is 0 Å². The number of benzene rings is 1. The zero-order valence-corrected chi connectivity index (χ0v) is 12.7. The Balaban J connectivity index is 2.02. The van der Waals surface area contributed by atoms with Crippen molar-refractivity contribution < 1.29 is 4.39 Å². The van der Waals surface area contributed by atoms with E-state index in [9.17, 15) is 4.39 Å². The van der Waals surface area contributed by atoms with Gasteiger partial charge in [-0.25, -0.2) is 4.39 Å². The molecule has 4 heteroatoms. The van der Waals surface area contributed by atoms with Crippen LogP contribution in [0, 0.1) is 17.7 Å². The van der Waals surface area contributed by atoms with E-state index in [-0.39, 0.29) is 0 Å². The van der Waals surface area contributed by atoms with Gasteiger partial charge < -0.3 is 5.32 Å². The molecule has 1 N–H and O–H groups in total. The second-order valence-corrected chi connectivity index (χ2v) is 6.24. The van der Waals surface area contributed by atoms with Crippen LogP contribution in [-0.2, 0) is 0 Å². The smallest absolute Gasteiger partial charge is 0.126 e. The molecule has 0 spiro atoms. The predicted molar refractivity (Wildman–Crippen MR) is 80.6 cm³/mol. The molecule has 1 aliphatic carbocycles. The lowest BCUT2D eigenvalue weighted by molar-refractivity contribution is 0.421. The number of allylic oxidation sites excluding steroid dienone is 2. The van der Waals surface area contributed by atoms with Gasteiger partial charge in [-0.15, -0.1) is 0 Å². The van der Waals surface area contributed by atoms with Crippen LogP contribution >= 0.6 is 23.2 Å².